The Kier molecular flexibility index (Phi) is 4.14. The summed E-state index contributed by atoms with van der Waals surface area (Å²) < 4.78 is 0. The van der Waals surface area contributed by atoms with Gasteiger partial charge in [-0.15, -0.1) is 0 Å². The van der Waals surface area contributed by atoms with Gasteiger partial charge in [0.2, 0.25) is 5.91 Å². The van der Waals surface area contributed by atoms with Gasteiger partial charge in [-0.05, 0) is 31.0 Å². The van der Waals surface area contributed by atoms with Gasteiger partial charge in [0.05, 0.1) is 11.6 Å². The number of hydrogen-bond donors (Lipinski definition) is 2. The minimum atomic E-state index is -0.267. The molecule has 98 valence electrons. The molecule has 1 aromatic carbocycles. The topological polar surface area (TPSA) is 82.0 Å². The molecule has 19 heavy (non-hydrogen) atoms. The van der Waals surface area contributed by atoms with Gasteiger partial charge in [-0.1, -0.05) is 6.07 Å². The lowest BCUT2D eigenvalue weighted by Gasteiger charge is -2.06. The monoisotopic (exact) mass is 257 g/mol. The van der Waals surface area contributed by atoms with E-state index < -0.39 is 0 Å². The Morgan fingerprint density at radius 2 is 2.16 bits per heavy atom. The molecule has 5 heteroatoms. The molecule has 2 N–H and O–H groups in total. The molecule has 1 aromatic rings. The van der Waals surface area contributed by atoms with Crippen molar-refractivity contribution in [2.45, 2.75) is 25.3 Å². The first-order valence-electron chi connectivity index (χ1n) is 6.27. The van der Waals surface area contributed by atoms with E-state index in [1.807, 2.05) is 6.07 Å². The Labute approximate surface area is 111 Å². The summed E-state index contributed by atoms with van der Waals surface area (Å²) in [5.41, 5.74) is 0.876. The van der Waals surface area contributed by atoms with Gasteiger partial charge in [-0.25, -0.2) is 0 Å². The molecule has 1 saturated carbocycles. The van der Waals surface area contributed by atoms with Crippen LogP contribution in [0.3, 0.4) is 0 Å². The number of amides is 2. The molecule has 0 bridgehead atoms. The van der Waals surface area contributed by atoms with E-state index in [2.05, 4.69) is 10.6 Å². The van der Waals surface area contributed by atoms with Crippen LogP contribution in [-0.4, -0.2) is 24.4 Å². The highest BCUT2D eigenvalue weighted by atomic mass is 16.2. The third-order valence-electron chi connectivity index (χ3n) is 2.83. The molecule has 0 saturated heterocycles. The Morgan fingerprint density at radius 3 is 2.84 bits per heavy atom. The number of benzene rings is 1. The van der Waals surface area contributed by atoms with Crippen LogP contribution >= 0.6 is 0 Å². The predicted molar refractivity (Wildman–Crippen MR) is 69.3 cm³/mol. The molecule has 2 rings (SSSR count). The molecule has 0 aromatic heterocycles. The van der Waals surface area contributed by atoms with Crippen LogP contribution in [0.4, 0.5) is 0 Å². The number of carbonyl (C=O) groups is 2. The van der Waals surface area contributed by atoms with Crippen LogP contribution < -0.4 is 10.6 Å². The highest BCUT2D eigenvalue weighted by Gasteiger charge is 2.22. The maximum atomic E-state index is 11.8. The first kappa shape index (κ1) is 13.1. The van der Waals surface area contributed by atoms with E-state index in [9.17, 15) is 9.59 Å². The van der Waals surface area contributed by atoms with Crippen molar-refractivity contribution < 1.29 is 9.59 Å². The normalized spacial score (nSPS) is 13.4. The Hall–Kier alpha value is -2.35. The van der Waals surface area contributed by atoms with Crippen molar-refractivity contribution in [3.05, 3.63) is 35.4 Å². The minimum Gasteiger partial charge on any atom is -0.353 e. The lowest BCUT2D eigenvalue weighted by atomic mass is 10.1. The maximum Gasteiger partial charge on any atom is 0.251 e. The fourth-order valence-electron chi connectivity index (χ4n) is 1.65. The number of hydrogen-bond acceptors (Lipinski definition) is 3. The summed E-state index contributed by atoms with van der Waals surface area (Å²) in [6.07, 6.45) is 2.39. The van der Waals surface area contributed by atoms with Crippen LogP contribution in [0, 0.1) is 11.3 Å². The van der Waals surface area contributed by atoms with Crippen molar-refractivity contribution >= 4 is 11.8 Å². The van der Waals surface area contributed by atoms with Gasteiger partial charge in [0.1, 0.15) is 0 Å². The van der Waals surface area contributed by atoms with Crippen LogP contribution in [0.25, 0.3) is 0 Å². The molecule has 2 amide bonds. The summed E-state index contributed by atoms with van der Waals surface area (Å²) in [6.45, 7) is 0.300. The Morgan fingerprint density at radius 1 is 1.37 bits per heavy atom. The van der Waals surface area contributed by atoms with Gasteiger partial charge in [-0.3, -0.25) is 9.59 Å². The summed E-state index contributed by atoms with van der Waals surface area (Å²) in [6, 6.07) is 8.79. The second kappa shape index (κ2) is 6.01. The molecule has 1 aliphatic carbocycles. The highest BCUT2D eigenvalue weighted by Crippen LogP contribution is 2.18. The van der Waals surface area contributed by atoms with Gasteiger partial charge in [0.15, 0.2) is 0 Å². The van der Waals surface area contributed by atoms with E-state index in [1.54, 1.807) is 18.2 Å². The van der Waals surface area contributed by atoms with E-state index in [0.717, 1.165) is 12.8 Å². The van der Waals surface area contributed by atoms with E-state index >= 15 is 0 Å². The third-order valence-corrected chi connectivity index (χ3v) is 2.83. The molecule has 0 unspecified atom stereocenters. The molecular weight excluding hydrogens is 242 g/mol. The summed E-state index contributed by atoms with van der Waals surface area (Å²) >= 11 is 0. The second-order valence-corrected chi connectivity index (χ2v) is 4.54. The first-order chi connectivity index (χ1) is 9.19. The number of nitrogens with zero attached hydrogens (tertiary/aromatic N) is 1. The SMILES string of the molecule is N#Cc1cccc(C(=O)NCCC(=O)NC2CC2)c1. The zero-order valence-corrected chi connectivity index (χ0v) is 10.5. The van der Waals surface area contributed by atoms with Gasteiger partial charge in [-0.2, -0.15) is 5.26 Å². The first-order valence-corrected chi connectivity index (χ1v) is 6.27. The molecular formula is C14H15N3O2. The molecule has 0 radical (unpaired) electrons. The van der Waals surface area contributed by atoms with Crippen molar-refractivity contribution in [2.24, 2.45) is 0 Å². The molecule has 1 fully saturated rings. The molecule has 0 spiro atoms. The van der Waals surface area contributed by atoms with E-state index in [0.29, 0.717) is 23.7 Å². The number of rotatable bonds is 5. The van der Waals surface area contributed by atoms with Crippen molar-refractivity contribution in [1.82, 2.24) is 10.6 Å². The lowest BCUT2D eigenvalue weighted by Crippen LogP contribution is -2.31. The standard InChI is InChI=1S/C14H15N3O2/c15-9-10-2-1-3-11(8-10)14(19)16-7-6-13(18)17-12-4-5-12/h1-3,8,12H,4-7H2,(H,16,19)(H,17,18). The fraction of sp³-hybridized carbons (Fsp3) is 0.357. The van der Waals surface area contributed by atoms with E-state index in [-0.39, 0.29) is 18.2 Å². The molecule has 0 heterocycles. The summed E-state index contributed by atoms with van der Waals surface area (Å²) in [5.74, 6) is -0.301. The molecule has 0 aliphatic heterocycles. The lowest BCUT2D eigenvalue weighted by molar-refractivity contribution is -0.121. The zero-order chi connectivity index (χ0) is 13.7. The van der Waals surface area contributed by atoms with Crippen molar-refractivity contribution in [3.8, 4) is 6.07 Å². The van der Waals surface area contributed by atoms with Gasteiger partial charge in [0.25, 0.3) is 5.91 Å². The maximum absolute atomic E-state index is 11.8. The van der Waals surface area contributed by atoms with Gasteiger partial charge in [0, 0.05) is 24.6 Å². The van der Waals surface area contributed by atoms with Crippen LogP contribution in [-0.2, 0) is 4.79 Å². The summed E-state index contributed by atoms with van der Waals surface area (Å²) in [4.78, 5) is 23.2. The summed E-state index contributed by atoms with van der Waals surface area (Å²) in [7, 11) is 0. The molecule has 1 aliphatic rings. The fourth-order valence-corrected chi connectivity index (χ4v) is 1.65. The number of nitriles is 1. The summed E-state index contributed by atoms with van der Waals surface area (Å²) in [5, 5.41) is 14.3. The predicted octanol–water partition coefficient (Wildman–Crippen LogP) is 0.957. The quantitative estimate of drug-likeness (QED) is 0.824. The smallest absolute Gasteiger partial charge is 0.251 e. The highest BCUT2D eigenvalue weighted by molar-refractivity contribution is 5.94. The third kappa shape index (κ3) is 4.11. The number of carbonyl (C=O) groups excluding carboxylic acids is 2. The average Bonchev–Trinajstić information content (AvgIpc) is 3.22. The Bertz CT molecular complexity index is 530. The van der Waals surface area contributed by atoms with Crippen molar-refractivity contribution in [1.29, 1.82) is 5.26 Å². The second-order valence-electron chi connectivity index (χ2n) is 4.54. The van der Waals surface area contributed by atoms with Gasteiger partial charge >= 0.3 is 0 Å². The van der Waals surface area contributed by atoms with Crippen molar-refractivity contribution in [3.63, 3.8) is 0 Å². The van der Waals surface area contributed by atoms with Crippen molar-refractivity contribution in [2.75, 3.05) is 6.54 Å². The Balaban J connectivity index is 1.77. The largest absolute Gasteiger partial charge is 0.353 e. The van der Waals surface area contributed by atoms with E-state index in [1.165, 1.54) is 6.07 Å². The molecule has 5 nitrogen and oxygen atoms in total. The average molecular weight is 257 g/mol. The molecule has 0 atom stereocenters. The van der Waals surface area contributed by atoms with Crippen LogP contribution in [0.2, 0.25) is 0 Å². The van der Waals surface area contributed by atoms with Crippen LogP contribution in [0.15, 0.2) is 24.3 Å². The van der Waals surface area contributed by atoms with Crippen LogP contribution in [0.1, 0.15) is 35.2 Å². The van der Waals surface area contributed by atoms with E-state index in [4.69, 9.17) is 5.26 Å². The zero-order valence-electron chi connectivity index (χ0n) is 10.5. The number of nitrogens with one attached hydrogen (secondary N) is 2. The van der Waals surface area contributed by atoms with Crippen LogP contribution in [0.5, 0.6) is 0 Å². The van der Waals surface area contributed by atoms with Gasteiger partial charge < -0.3 is 10.6 Å². The minimum absolute atomic E-state index is 0.0337.